The van der Waals surface area contributed by atoms with Gasteiger partial charge >= 0.3 is 0 Å². The lowest BCUT2D eigenvalue weighted by atomic mass is 10.2. The Kier molecular flexibility index (Phi) is 2.70. The molecule has 0 aliphatic carbocycles. The summed E-state index contributed by atoms with van der Waals surface area (Å²) in [6, 6.07) is 2.24. The van der Waals surface area contributed by atoms with E-state index in [1.165, 1.54) is 0 Å². The van der Waals surface area contributed by atoms with Crippen molar-refractivity contribution in [2.75, 3.05) is 5.73 Å². The largest absolute Gasteiger partial charge is 0.485 e. The van der Waals surface area contributed by atoms with Crippen LogP contribution in [0.3, 0.4) is 0 Å². The summed E-state index contributed by atoms with van der Waals surface area (Å²) >= 11 is 0. The maximum atomic E-state index is 13.1. The third-order valence-corrected chi connectivity index (χ3v) is 1.43. The molecule has 2 nitrogen and oxygen atoms in total. The Morgan fingerprint density at radius 1 is 1.31 bits per heavy atom. The summed E-state index contributed by atoms with van der Waals surface area (Å²) in [5.74, 6) is -1.98. The number of hydrogen-bond acceptors (Lipinski definition) is 2. The van der Waals surface area contributed by atoms with Crippen LogP contribution in [0.15, 0.2) is 12.1 Å². The van der Waals surface area contributed by atoms with Gasteiger partial charge in [-0.1, -0.05) is 0 Å². The van der Waals surface area contributed by atoms with Crippen molar-refractivity contribution in [3.8, 4) is 5.75 Å². The molecule has 13 heavy (non-hydrogen) atoms. The van der Waals surface area contributed by atoms with Crippen molar-refractivity contribution < 1.29 is 13.5 Å². The molecular weight excluding hydrogens is 176 g/mol. The number of benzene rings is 1. The smallest absolute Gasteiger partial charge is 0.193 e. The molecular formula is C9H11F2NO. The number of ether oxygens (including phenoxy) is 1. The van der Waals surface area contributed by atoms with Gasteiger partial charge in [-0.15, -0.1) is 0 Å². The number of nitrogens with two attached hydrogens (primary N) is 1. The summed E-state index contributed by atoms with van der Waals surface area (Å²) in [6.07, 6.45) is -0.286. The minimum atomic E-state index is -0.839. The highest BCUT2D eigenvalue weighted by atomic mass is 19.1. The van der Waals surface area contributed by atoms with Crippen LogP contribution in [0.2, 0.25) is 0 Å². The van der Waals surface area contributed by atoms with Gasteiger partial charge in [0.25, 0.3) is 0 Å². The van der Waals surface area contributed by atoms with E-state index >= 15 is 0 Å². The van der Waals surface area contributed by atoms with Gasteiger partial charge in [0.2, 0.25) is 0 Å². The zero-order chi connectivity index (χ0) is 10.0. The number of anilines is 1. The SMILES string of the molecule is CC(C)Oc1c(F)ccc(N)c1F. The molecule has 2 N–H and O–H groups in total. The quantitative estimate of drug-likeness (QED) is 0.721. The van der Waals surface area contributed by atoms with E-state index in [1.807, 2.05) is 0 Å². The fourth-order valence-electron chi connectivity index (χ4n) is 0.891. The topological polar surface area (TPSA) is 35.2 Å². The zero-order valence-electron chi connectivity index (χ0n) is 7.47. The molecule has 0 saturated carbocycles. The van der Waals surface area contributed by atoms with E-state index in [2.05, 4.69) is 0 Å². The number of rotatable bonds is 2. The molecule has 0 radical (unpaired) electrons. The van der Waals surface area contributed by atoms with Gasteiger partial charge < -0.3 is 10.5 Å². The zero-order valence-corrected chi connectivity index (χ0v) is 7.47. The van der Waals surface area contributed by atoms with Gasteiger partial charge in [-0.3, -0.25) is 0 Å². The first-order chi connectivity index (χ1) is 6.02. The predicted molar refractivity (Wildman–Crippen MR) is 46.5 cm³/mol. The minimum Gasteiger partial charge on any atom is -0.485 e. The molecule has 0 atom stereocenters. The van der Waals surface area contributed by atoms with E-state index in [0.717, 1.165) is 12.1 Å². The van der Waals surface area contributed by atoms with E-state index in [0.29, 0.717) is 0 Å². The van der Waals surface area contributed by atoms with E-state index in [1.54, 1.807) is 13.8 Å². The van der Waals surface area contributed by atoms with Crippen molar-refractivity contribution in [1.82, 2.24) is 0 Å². The molecule has 72 valence electrons. The Hall–Kier alpha value is -1.32. The summed E-state index contributed by atoms with van der Waals surface area (Å²) in [6.45, 7) is 3.37. The number of halogens is 2. The fourth-order valence-corrected chi connectivity index (χ4v) is 0.891. The second kappa shape index (κ2) is 3.60. The van der Waals surface area contributed by atoms with E-state index in [-0.39, 0.29) is 11.8 Å². The van der Waals surface area contributed by atoms with Crippen LogP contribution in [-0.4, -0.2) is 6.10 Å². The lowest BCUT2D eigenvalue weighted by Crippen LogP contribution is -2.09. The van der Waals surface area contributed by atoms with Gasteiger partial charge in [0.05, 0.1) is 11.8 Å². The Labute approximate surface area is 75.3 Å². The predicted octanol–water partition coefficient (Wildman–Crippen LogP) is 2.33. The molecule has 1 rings (SSSR count). The van der Waals surface area contributed by atoms with Crippen molar-refractivity contribution in [3.63, 3.8) is 0 Å². The molecule has 0 amide bonds. The summed E-state index contributed by atoms with van der Waals surface area (Å²) < 4.78 is 31.0. The van der Waals surface area contributed by atoms with Crippen molar-refractivity contribution in [2.24, 2.45) is 0 Å². The molecule has 0 aliphatic heterocycles. The molecule has 0 aromatic heterocycles. The first-order valence-electron chi connectivity index (χ1n) is 3.92. The van der Waals surface area contributed by atoms with Gasteiger partial charge in [0, 0.05) is 0 Å². The fraction of sp³-hybridized carbons (Fsp3) is 0.333. The first kappa shape index (κ1) is 9.77. The van der Waals surface area contributed by atoms with Gasteiger partial charge in [0.15, 0.2) is 17.4 Å². The van der Waals surface area contributed by atoms with Crippen LogP contribution in [0, 0.1) is 11.6 Å². The first-order valence-corrected chi connectivity index (χ1v) is 3.92. The molecule has 4 heteroatoms. The molecule has 0 spiro atoms. The van der Waals surface area contributed by atoms with Crippen LogP contribution in [0.5, 0.6) is 5.75 Å². The monoisotopic (exact) mass is 187 g/mol. The van der Waals surface area contributed by atoms with E-state index < -0.39 is 17.4 Å². The average Bonchev–Trinajstić information content (AvgIpc) is 2.05. The molecule has 0 fully saturated rings. The van der Waals surface area contributed by atoms with Crippen LogP contribution in [0.1, 0.15) is 13.8 Å². The standard InChI is InChI=1S/C9H11F2NO/c1-5(2)13-9-6(10)3-4-7(12)8(9)11/h3-5H,12H2,1-2H3. The molecule has 0 heterocycles. The molecule has 0 saturated heterocycles. The van der Waals surface area contributed by atoms with Crippen LogP contribution < -0.4 is 10.5 Å². The van der Waals surface area contributed by atoms with Crippen LogP contribution in [-0.2, 0) is 0 Å². The van der Waals surface area contributed by atoms with Gasteiger partial charge in [-0.05, 0) is 26.0 Å². The third kappa shape index (κ3) is 2.08. The average molecular weight is 187 g/mol. The molecule has 1 aromatic carbocycles. The molecule has 0 bridgehead atoms. The Bertz CT molecular complexity index is 313. The van der Waals surface area contributed by atoms with Gasteiger partial charge in [0.1, 0.15) is 0 Å². The Balaban J connectivity index is 3.10. The van der Waals surface area contributed by atoms with E-state index in [9.17, 15) is 8.78 Å². The maximum absolute atomic E-state index is 13.1. The lowest BCUT2D eigenvalue weighted by Gasteiger charge is -2.11. The van der Waals surface area contributed by atoms with Crippen molar-refractivity contribution in [1.29, 1.82) is 0 Å². The highest BCUT2D eigenvalue weighted by Gasteiger charge is 2.14. The molecule has 0 aliphatic rings. The highest BCUT2D eigenvalue weighted by molar-refractivity contribution is 5.46. The third-order valence-electron chi connectivity index (χ3n) is 1.43. The van der Waals surface area contributed by atoms with E-state index in [4.69, 9.17) is 10.5 Å². The Morgan fingerprint density at radius 3 is 2.46 bits per heavy atom. The summed E-state index contributed by atoms with van der Waals surface area (Å²) in [5, 5.41) is 0. The van der Waals surface area contributed by atoms with Gasteiger partial charge in [-0.25, -0.2) is 8.78 Å². The van der Waals surface area contributed by atoms with Crippen molar-refractivity contribution in [3.05, 3.63) is 23.8 Å². The Morgan fingerprint density at radius 2 is 1.92 bits per heavy atom. The number of nitrogen functional groups attached to an aromatic ring is 1. The van der Waals surface area contributed by atoms with Crippen LogP contribution >= 0.6 is 0 Å². The van der Waals surface area contributed by atoms with Crippen molar-refractivity contribution >= 4 is 5.69 Å². The maximum Gasteiger partial charge on any atom is 0.193 e. The van der Waals surface area contributed by atoms with Crippen LogP contribution in [0.4, 0.5) is 14.5 Å². The van der Waals surface area contributed by atoms with Crippen molar-refractivity contribution in [2.45, 2.75) is 20.0 Å². The second-order valence-electron chi connectivity index (χ2n) is 2.95. The van der Waals surface area contributed by atoms with Crippen LogP contribution in [0.25, 0.3) is 0 Å². The summed E-state index contributed by atoms with van der Waals surface area (Å²) in [5.41, 5.74) is 5.13. The highest BCUT2D eigenvalue weighted by Crippen LogP contribution is 2.26. The normalized spacial score (nSPS) is 10.5. The minimum absolute atomic E-state index is 0.114. The van der Waals surface area contributed by atoms with Gasteiger partial charge in [-0.2, -0.15) is 0 Å². The number of hydrogen-bond donors (Lipinski definition) is 1. The summed E-state index contributed by atoms with van der Waals surface area (Å²) in [7, 11) is 0. The molecule has 0 unspecified atom stereocenters. The lowest BCUT2D eigenvalue weighted by molar-refractivity contribution is 0.220. The second-order valence-corrected chi connectivity index (χ2v) is 2.95. The summed E-state index contributed by atoms with van der Waals surface area (Å²) in [4.78, 5) is 0. The molecule has 1 aromatic rings.